The number of fused-ring (bicyclic) bond motifs is 12. The summed E-state index contributed by atoms with van der Waals surface area (Å²) < 4.78 is 0. The second-order valence-electron chi connectivity index (χ2n) is 21.7. The molecule has 0 amide bonds. The number of hydrogen-bond donors (Lipinski definition) is 0. The van der Waals surface area contributed by atoms with Crippen molar-refractivity contribution in [3.05, 3.63) is 233 Å². The van der Waals surface area contributed by atoms with Crippen molar-refractivity contribution in [1.82, 2.24) is 0 Å². The molecule has 0 unspecified atom stereocenters. The van der Waals surface area contributed by atoms with Gasteiger partial charge in [0.25, 0.3) is 0 Å². The van der Waals surface area contributed by atoms with E-state index in [0.717, 1.165) is 0 Å². The Labute approximate surface area is 396 Å². The van der Waals surface area contributed by atoms with Crippen molar-refractivity contribution in [2.24, 2.45) is 0 Å². The molecule has 0 saturated carbocycles. The molecule has 0 atom stereocenters. The quantitative estimate of drug-likeness (QED) is 0.167. The zero-order valence-electron chi connectivity index (χ0n) is 39.8. The molecule has 1 nitrogen and oxygen atoms in total. The van der Waals surface area contributed by atoms with Gasteiger partial charge in [-0.2, -0.15) is 0 Å². The Morgan fingerprint density at radius 2 is 0.627 bits per heavy atom. The highest BCUT2D eigenvalue weighted by Gasteiger charge is 2.44. The third-order valence-corrected chi connectivity index (χ3v) is 16.7. The minimum absolute atomic E-state index is 0.125. The van der Waals surface area contributed by atoms with Gasteiger partial charge in [0.1, 0.15) is 0 Å². The lowest BCUT2D eigenvalue weighted by Gasteiger charge is -2.31. The van der Waals surface area contributed by atoms with Crippen LogP contribution >= 0.6 is 0 Å². The second-order valence-corrected chi connectivity index (χ2v) is 21.7. The Kier molecular flexibility index (Phi) is 8.18. The van der Waals surface area contributed by atoms with E-state index in [2.05, 4.69) is 248 Å². The van der Waals surface area contributed by atoms with Crippen molar-refractivity contribution in [3.63, 3.8) is 0 Å². The maximum absolute atomic E-state index is 2.56. The lowest BCUT2D eigenvalue weighted by molar-refractivity contribution is 0.652. The van der Waals surface area contributed by atoms with Gasteiger partial charge >= 0.3 is 0 Å². The summed E-state index contributed by atoms with van der Waals surface area (Å²) in [5.74, 6) is 0. The fourth-order valence-electron chi connectivity index (χ4n) is 13.0. The van der Waals surface area contributed by atoms with E-state index in [1.165, 1.54) is 128 Å². The maximum atomic E-state index is 2.56. The van der Waals surface area contributed by atoms with E-state index >= 15 is 0 Å². The molecule has 0 radical (unpaired) electrons. The molecule has 0 aromatic heterocycles. The first-order chi connectivity index (χ1) is 32.2. The lowest BCUT2D eigenvalue weighted by atomic mass is 9.79. The molecular weight excluding hydrogens is 807 g/mol. The van der Waals surface area contributed by atoms with Crippen molar-refractivity contribution < 1.29 is 0 Å². The van der Waals surface area contributed by atoms with E-state index in [-0.39, 0.29) is 21.7 Å². The number of hydrogen-bond acceptors (Lipinski definition) is 1. The van der Waals surface area contributed by atoms with Gasteiger partial charge in [0.15, 0.2) is 0 Å². The zero-order chi connectivity index (χ0) is 45.8. The van der Waals surface area contributed by atoms with E-state index in [9.17, 15) is 0 Å². The Morgan fingerprint density at radius 3 is 1.22 bits per heavy atom. The van der Waals surface area contributed by atoms with Gasteiger partial charge in [-0.15, -0.1) is 0 Å². The highest BCUT2D eigenvalue weighted by molar-refractivity contribution is 5.97. The largest absolute Gasteiger partial charge is 0.310 e. The van der Waals surface area contributed by atoms with Gasteiger partial charge in [0.05, 0.1) is 0 Å². The first-order valence-electron chi connectivity index (χ1n) is 24.2. The third-order valence-electron chi connectivity index (χ3n) is 16.7. The average molecular weight is 862 g/mol. The van der Waals surface area contributed by atoms with Gasteiger partial charge in [0, 0.05) is 38.7 Å². The third kappa shape index (κ3) is 5.49. The summed E-state index contributed by atoms with van der Waals surface area (Å²) in [6.07, 6.45) is 0. The molecule has 0 spiro atoms. The minimum atomic E-state index is -0.227. The van der Waals surface area contributed by atoms with Crippen LogP contribution in [0.15, 0.2) is 188 Å². The molecule has 67 heavy (non-hydrogen) atoms. The Hall–Kier alpha value is -7.22. The average Bonchev–Trinajstić information content (AvgIpc) is 3.91. The normalized spacial score (nSPS) is 16.2. The lowest BCUT2D eigenvalue weighted by Crippen LogP contribution is -2.19. The predicted molar refractivity (Wildman–Crippen MR) is 282 cm³/mol. The topological polar surface area (TPSA) is 3.24 Å². The Balaban J connectivity index is 0.968. The summed E-state index contributed by atoms with van der Waals surface area (Å²) in [6, 6.07) is 71.6. The van der Waals surface area contributed by atoms with E-state index in [1.807, 2.05) is 0 Å². The molecule has 4 aliphatic rings. The summed E-state index contributed by atoms with van der Waals surface area (Å²) >= 11 is 0. The van der Waals surface area contributed by atoms with Crippen molar-refractivity contribution in [2.45, 2.75) is 77.0 Å². The predicted octanol–water partition coefficient (Wildman–Crippen LogP) is 17.7. The number of benzene rings is 9. The second kappa shape index (κ2) is 13.7. The molecule has 0 aliphatic heterocycles. The van der Waals surface area contributed by atoms with Crippen LogP contribution in [0.2, 0.25) is 0 Å². The van der Waals surface area contributed by atoms with Crippen LogP contribution in [0.5, 0.6) is 0 Å². The van der Waals surface area contributed by atoms with Crippen LogP contribution < -0.4 is 4.90 Å². The molecule has 0 fully saturated rings. The van der Waals surface area contributed by atoms with Crippen LogP contribution in [0.4, 0.5) is 17.1 Å². The van der Waals surface area contributed by atoms with Crippen LogP contribution in [0.25, 0.3) is 66.8 Å². The molecule has 324 valence electrons. The molecular formula is C66H55N. The highest BCUT2D eigenvalue weighted by Crippen LogP contribution is 2.59. The van der Waals surface area contributed by atoms with Crippen molar-refractivity contribution in [1.29, 1.82) is 0 Å². The molecule has 13 rings (SSSR count). The number of rotatable bonds is 5. The summed E-state index contributed by atoms with van der Waals surface area (Å²) in [4.78, 5) is 2.54. The van der Waals surface area contributed by atoms with E-state index < -0.39 is 0 Å². The van der Waals surface area contributed by atoms with Crippen LogP contribution in [0, 0.1) is 0 Å². The van der Waals surface area contributed by atoms with Gasteiger partial charge in [-0.1, -0.05) is 189 Å². The van der Waals surface area contributed by atoms with Crippen molar-refractivity contribution >= 4 is 17.1 Å². The van der Waals surface area contributed by atoms with Gasteiger partial charge < -0.3 is 4.90 Å². The van der Waals surface area contributed by atoms with E-state index in [1.54, 1.807) is 0 Å². The molecule has 0 heterocycles. The van der Waals surface area contributed by atoms with Crippen LogP contribution in [-0.4, -0.2) is 0 Å². The Morgan fingerprint density at radius 1 is 0.239 bits per heavy atom. The standard InChI is InChI=1S/C66H55N/c1-63(2)54-24-16-15-22-47(54)49-31-27-43(35-57(49)63)67(44-28-32-50-48-30-26-42(40-18-11-9-12-19-40)34-56(48)65(5,6)58(50)36-44)45-29-33-51-52-38-61-53(39-60(52)66(7,8)59(51)37-45)62-46(41-20-13-10-14-21-41)23-17-25-55(62)64(61,3)4/h9-39H,1-8H3. The van der Waals surface area contributed by atoms with Crippen LogP contribution in [0.3, 0.4) is 0 Å². The van der Waals surface area contributed by atoms with Crippen molar-refractivity contribution in [2.75, 3.05) is 4.90 Å². The number of anilines is 3. The van der Waals surface area contributed by atoms with Gasteiger partial charge in [-0.3, -0.25) is 0 Å². The zero-order valence-corrected chi connectivity index (χ0v) is 39.8. The van der Waals surface area contributed by atoms with Gasteiger partial charge in [-0.05, 0) is 166 Å². The molecule has 0 bridgehead atoms. The molecule has 0 saturated heterocycles. The highest BCUT2D eigenvalue weighted by atomic mass is 15.1. The van der Waals surface area contributed by atoms with Crippen LogP contribution in [0.1, 0.15) is 99.9 Å². The fourth-order valence-corrected chi connectivity index (χ4v) is 13.0. The van der Waals surface area contributed by atoms with Gasteiger partial charge in [0.2, 0.25) is 0 Å². The summed E-state index contributed by atoms with van der Waals surface area (Å²) in [7, 11) is 0. The molecule has 1 heteroatoms. The summed E-state index contributed by atoms with van der Waals surface area (Å²) in [6.45, 7) is 19.3. The first kappa shape index (κ1) is 40.1. The maximum Gasteiger partial charge on any atom is 0.0465 e. The molecule has 4 aliphatic carbocycles. The minimum Gasteiger partial charge on any atom is -0.310 e. The van der Waals surface area contributed by atoms with E-state index in [4.69, 9.17) is 0 Å². The fraction of sp³-hybridized carbons (Fsp3) is 0.182. The molecule has 9 aromatic rings. The van der Waals surface area contributed by atoms with Gasteiger partial charge in [-0.25, -0.2) is 0 Å². The molecule has 0 N–H and O–H groups in total. The monoisotopic (exact) mass is 861 g/mol. The number of nitrogens with zero attached hydrogens (tertiary/aromatic N) is 1. The van der Waals surface area contributed by atoms with E-state index in [0.29, 0.717) is 0 Å². The summed E-state index contributed by atoms with van der Waals surface area (Å²) in [5, 5.41) is 0. The molecule has 9 aromatic carbocycles. The smallest absolute Gasteiger partial charge is 0.0465 e. The SMILES string of the molecule is CC1(C)c2ccccc2-c2ccc(N(c3ccc4c(c3)C(C)(C)c3cc(-c5ccccc5)ccc3-4)c3ccc4c(c3)C(C)(C)c3cc5c(cc3-4)C(C)(C)c3cccc(-c4ccccc4)c3-5)cc21. The van der Waals surface area contributed by atoms with Crippen molar-refractivity contribution in [3.8, 4) is 66.8 Å². The summed E-state index contributed by atoms with van der Waals surface area (Å²) in [5.41, 5.74) is 29.9. The first-order valence-corrected chi connectivity index (χ1v) is 24.2. The van der Waals surface area contributed by atoms with Crippen LogP contribution in [-0.2, 0) is 21.7 Å². The Bertz CT molecular complexity index is 3560.